The molecule has 0 bridgehead atoms. The summed E-state index contributed by atoms with van der Waals surface area (Å²) in [5.74, 6) is 0. The van der Waals surface area contributed by atoms with Crippen molar-refractivity contribution in [3.05, 3.63) is 0 Å². The minimum atomic E-state index is 0.336. The maximum absolute atomic E-state index is 5.99. The van der Waals surface area contributed by atoms with Crippen LogP contribution in [0.3, 0.4) is 0 Å². The van der Waals surface area contributed by atoms with Gasteiger partial charge in [0.05, 0.1) is 0 Å². The molecule has 2 unspecified atom stereocenters. The van der Waals surface area contributed by atoms with E-state index in [2.05, 4.69) is 24.1 Å². The summed E-state index contributed by atoms with van der Waals surface area (Å²) in [5, 5.41) is 3.34. The molecule has 0 amide bonds. The molecule has 3 heteroatoms. The first-order valence-corrected chi connectivity index (χ1v) is 4.96. The Labute approximate surface area is 75.3 Å². The predicted octanol–water partition coefficient (Wildman–Crippen LogP) is 0.0174. The van der Waals surface area contributed by atoms with E-state index in [1.807, 2.05) is 0 Å². The second-order valence-corrected chi connectivity index (χ2v) is 3.60. The van der Waals surface area contributed by atoms with Gasteiger partial charge in [-0.25, -0.2) is 0 Å². The average molecular weight is 171 g/mol. The van der Waals surface area contributed by atoms with Crippen LogP contribution >= 0.6 is 0 Å². The third-order valence-corrected chi connectivity index (χ3v) is 2.82. The van der Waals surface area contributed by atoms with Crippen LogP contribution in [0.5, 0.6) is 0 Å². The van der Waals surface area contributed by atoms with Gasteiger partial charge >= 0.3 is 0 Å². The van der Waals surface area contributed by atoms with Gasteiger partial charge in [-0.05, 0) is 13.3 Å². The van der Waals surface area contributed by atoms with Gasteiger partial charge in [0.1, 0.15) is 0 Å². The summed E-state index contributed by atoms with van der Waals surface area (Å²) in [6, 6.07) is 0.875. The maximum atomic E-state index is 5.99. The molecule has 0 saturated carbocycles. The maximum Gasteiger partial charge on any atom is 0.0219 e. The zero-order chi connectivity index (χ0) is 8.97. The molecular formula is C9H21N3. The fourth-order valence-corrected chi connectivity index (χ4v) is 1.70. The highest BCUT2D eigenvalue weighted by molar-refractivity contribution is 4.80. The van der Waals surface area contributed by atoms with Crippen LogP contribution < -0.4 is 11.1 Å². The molecule has 1 saturated heterocycles. The number of piperazine rings is 1. The fraction of sp³-hybridized carbons (Fsp3) is 1.00. The van der Waals surface area contributed by atoms with E-state index >= 15 is 0 Å². The number of nitrogens with two attached hydrogens (primary N) is 1. The Morgan fingerprint density at radius 3 is 2.50 bits per heavy atom. The monoisotopic (exact) mass is 171 g/mol. The van der Waals surface area contributed by atoms with Crippen molar-refractivity contribution in [1.82, 2.24) is 10.2 Å². The van der Waals surface area contributed by atoms with Gasteiger partial charge in [0.25, 0.3) is 0 Å². The SMILES string of the molecule is CCC(N)C(C)N1CCNCC1. The van der Waals surface area contributed by atoms with Crippen LogP contribution in [0.1, 0.15) is 20.3 Å². The number of hydrogen-bond acceptors (Lipinski definition) is 3. The van der Waals surface area contributed by atoms with E-state index in [-0.39, 0.29) is 0 Å². The molecule has 1 heterocycles. The number of nitrogens with one attached hydrogen (secondary N) is 1. The van der Waals surface area contributed by atoms with E-state index in [1.165, 1.54) is 0 Å². The number of rotatable bonds is 3. The summed E-state index contributed by atoms with van der Waals surface area (Å²) in [6.45, 7) is 8.91. The third kappa shape index (κ3) is 2.44. The van der Waals surface area contributed by atoms with E-state index in [1.54, 1.807) is 0 Å². The van der Waals surface area contributed by atoms with E-state index in [9.17, 15) is 0 Å². The first-order chi connectivity index (χ1) is 5.75. The lowest BCUT2D eigenvalue weighted by atomic mass is 10.1. The van der Waals surface area contributed by atoms with Crippen LogP contribution in [-0.4, -0.2) is 43.2 Å². The van der Waals surface area contributed by atoms with Gasteiger partial charge in [-0.3, -0.25) is 4.90 Å². The van der Waals surface area contributed by atoms with Crippen molar-refractivity contribution >= 4 is 0 Å². The predicted molar refractivity (Wildman–Crippen MR) is 52.2 cm³/mol. The molecule has 0 aromatic rings. The lowest BCUT2D eigenvalue weighted by Gasteiger charge is -2.35. The zero-order valence-electron chi connectivity index (χ0n) is 8.21. The minimum Gasteiger partial charge on any atom is -0.326 e. The molecule has 12 heavy (non-hydrogen) atoms. The molecule has 1 aliphatic heterocycles. The Bertz CT molecular complexity index is 121. The summed E-state index contributed by atoms with van der Waals surface area (Å²) in [7, 11) is 0. The normalized spacial score (nSPS) is 25.2. The molecule has 0 aromatic heterocycles. The molecule has 0 aromatic carbocycles. The van der Waals surface area contributed by atoms with Gasteiger partial charge < -0.3 is 11.1 Å². The second kappa shape index (κ2) is 4.80. The molecular weight excluding hydrogens is 150 g/mol. The summed E-state index contributed by atoms with van der Waals surface area (Å²) >= 11 is 0. The Kier molecular flexibility index (Phi) is 3.98. The number of hydrogen-bond donors (Lipinski definition) is 2. The van der Waals surface area contributed by atoms with Gasteiger partial charge in [0.2, 0.25) is 0 Å². The highest BCUT2D eigenvalue weighted by Gasteiger charge is 2.20. The van der Waals surface area contributed by atoms with E-state index in [0.717, 1.165) is 32.6 Å². The van der Waals surface area contributed by atoms with Crippen molar-refractivity contribution in [2.45, 2.75) is 32.4 Å². The van der Waals surface area contributed by atoms with Crippen LogP contribution in [0, 0.1) is 0 Å². The molecule has 1 fully saturated rings. The topological polar surface area (TPSA) is 41.3 Å². The summed E-state index contributed by atoms with van der Waals surface area (Å²) in [4.78, 5) is 2.48. The zero-order valence-corrected chi connectivity index (χ0v) is 8.21. The summed E-state index contributed by atoms with van der Waals surface area (Å²) in [5.41, 5.74) is 5.99. The molecule has 1 rings (SSSR count). The van der Waals surface area contributed by atoms with Crippen LogP contribution in [-0.2, 0) is 0 Å². The van der Waals surface area contributed by atoms with Crippen molar-refractivity contribution in [3.8, 4) is 0 Å². The lowest BCUT2D eigenvalue weighted by Crippen LogP contribution is -2.53. The van der Waals surface area contributed by atoms with E-state index in [4.69, 9.17) is 5.73 Å². The first kappa shape index (κ1) is 9.96. The van der Waals surface area contributed by atoms with Crippen molar-refractivity contribution in [1.29, 1.82) is 0 Å². The van der Waals surface area contributed by atoms with Crippen LogP contribution in [0.25, 0.3) is 0 Å². The highest BCUT2D eigenvalue weighted by atomic mass is 15.2. The summed E-state index contributed by atoms with van der Waals surface area (Å²) < 4.78 is 0. The first-order valence-electron chi connectivity index (χ1n) is 4.96. The molecule has 72 valence electrons. The smallest absolute Gasteiger partial charge is 0.0219 e. The van der Waals surface area contributed by atoms with Gasteiger partial charge in [0.15, 0.2) is 0 Å². The second-order valence-electron chi connectivity index (χ2n) is 3.60. The molecule has 0 spiro atoms. The molecule has 2 atom stereocenters. The molecule has 1 aliphatic rings. The van der Waals surface area contributed by atoms with Crippen LogP contribution in [0.15, 0.2) is 0 Å². The Morgan fingerprint density at radius 2 is 2.00 bits per heavy atom. The van der Waals surface area contributed by atoms with Crippen LogP contribution in [0.4, 0.5) is 0 Å². The fourth-order valence-electron chi connectivity index (χ4n) is 1.70. The van der Waals surface area contributed by atoms with Gasteiger partial charge in [0, 0.05) is 38.3 Å². The summed E-state index contributed by atoms with van der Waals surface area (Å²) in [6.07, 6.45) is 1.07. The Hall–Kier alpha value is -0.120. The lowest BCUT2D eigenvalue weighted by molar-refractivity contribution is 0.161. The third-order valence-electron chi connectivity index (χ3n) is 2.82. The van der Waals surface area contributed by atoms with Crippen LogP contribution in [0.2, 0.25) is 0 Å². The Morgan fingerprint density at radius 1 is 1.42 bits per heavy atom. The molecule has 3 N–H and O–H groups in total. The molecule has 0 radical (unpaired) electrons. The van der Waals surface area contributed by atoms with Gasteiger partial charge in [-0.15, -0.1) is 0 Å². The largest absolute Gasteiger partial charge is 0.326 e. The van der Waals surface area contributed by atoms with E-state index in [0.29, 0.717) is 12.1 Å². The van der Waals surface area contributed by atoms with Crippen molar-refractivity contribution in [3.63, 3.8) is 0 Å². The Balaban J connectivity index is 2.33. The average Bonchev–Trinajstić information content (AvgIpc) is 2.17. The molecule has 0 aliphatic carbocycles. The highest BCUT2D eigenvalue weighted by Crippen LogP contribution is 2.06. The van der Waals surface area contributed by atoms with Gasteiger partial charge in [-0.2, -0.15) is 0 Å². The van der Waals surface area contributed by atoms with E-state index < -0.39 is 0 Å². The van der Waals surface area contributed by atoms with Gasteiger partial charge in [-0.1, -0.05) is 6.92 Å². The standard InChI is InChI=1S/C9H21N3/c1-3-9(10)8(2)12-6-4-11-5-7-12/h8-9,11H,3-7,10H2,1-2H3. The van der Waals surface area contributed by atoms with Crippen molar-refractivity contribution in [2.75, 3.05) is 26.2 Å². The molecule has 3 nitrogen and oxygen atoms in total. The minimum absolute atomic E-state index is 0.336. The van der Waals surface area contributed by atoms with Crippen molar-refractivity contribution in [2.24, 2.45) is 5.73 Å². The van der Waals surface area contributed by atoms with Crippen molar-refractivity contribution < 1.29 is 0 Å². The quantitative estimate of drug-likeness (QED) is 0.629. The number of nitrogens with zero attached hydrogens (tertiary/aromatic N) is 1.